The third kappa shape index (κ3) is 3.16. The van der Waals surface area contributed by atoms with E-state index in [1.54, 1.807) is 12.5 Å². The third-order valence-corrected chi connectivity index (χ3v) is 3.17. The summed E-state index contributed by atoms with van der Waals surface area (Å²) in [6, 6.07) is 3.87. The molecule has 0 unspecified atom stereocenters. The van der Waals surface area contributed by atoms with Crippen LogP contribution in [0.4, 0.5) is 11.6 Å². The maximum atomic E-state index is 5.33. The lowest BCUT2D eigenvalue weighted by atomic mass is 10.3. The van der Waals surface area contributed by atoms with Crippen LogP contribution < -0.4 is 10.6 Å². The van der Waals surface area contributed by atoms with Gasteiger partial charge in [-0.2, -0.15) is 0 Å². The van der Waals surface area contributed by atoms with E-state index in [2.05, 4.69) is 27.5 Å². The van der Waals surface area contributed by atoms with Gasteiger partial charge in [0, 0.05) is 31.9 Å². The molecule has 6 heteroatoms. The minimum absolute atomic E-state index is 0.750. The SMILES string of the molecule is CCCNc1cn2ccnc2c(NCCc2ccco2)n1. The van der Waals surface area contributed by atoms with E-state index in [1.165, 1.54) is 0 Å². The highest BCUT2D eigenvalue weighted by Crippen LogP contribution is 2.16. The van der Waals surface area contributed by atoms with Gasteiger partial charge in [0.2, 0.25) is 0 Å². The summed E-state index contributed by atoms with van der Waals surface area (Å²) in [6.45, 7) is 3.78. The van der Waals surface area contributed by atoms with Crippen LogP contribution in [0, 0.1) is 0 Å². The highest BCUT2D eigenvalue weighted by atomic mass is 16.3. The van der Waals surface area contributed by atoms with Crippen LogP contribution in [0.25, 0.3) is 5.65 Å². The number of aromatic nitrogens is 3. The first-order valence-electron chi connectivity index (χ1n) is 7.20. The van der Waals surface area contributed by atoms with Crippen LogP contribution in [0.15, 0.2) is 41.4 Å². The molecule has 3 aromatic rings. The Kier molecular flexibility index (Phi) is 4.04. The maximum absolute atomic E-state index is 5.33. The minimum Gasteiger partial charge on any atom is -0.469 e. The van der Waals surface area contributed by atoms with Gasteiger partial charge in [-0.1, -0.05) is 6.92 Å². The summed E-state index contributed by atoms with van der Waals surface area (Å²) in [4.78, 5) is 8.94. The van der Waals surface area contributed by atoms with Crippen molar-refractivity contribution in [3.05, 3.63) is 42.7 Å². The van der Waals surface area contributed by atoms with Crippen molar-refractivity contribution in [2.75, 3.05) is 23.7 Å². The molecule has 0 saturated carbocycles. The molecular weight excluding hydrogens is 266 g/mol. The largest absolute Gasteiger partial charge is 0.469 e. The van der Waals surface area contributed by atoms with Gasteiger partial charge in [0.15, 0.2) is 11.5 Å². The first kappa shape index (κ1) is 13.5. The van der Waals surface area contributed by atoms with Crippen LogP contribution >= 0.6 is 0 Å². The lowest BCUT2D eigenvalue weighted by Gasteiger charge is -2.10. The van der Waals surface area contributed by atoms with Crippen LogP contribution in [0.5, 0.6) is 0 Å². The van der Waals surface area contributed by atoms with Gasteiger partial charge < -0.3 is 19.5 Å². The molecule has 110 valence electrons. The average Bonchev–Trinajstić information content (AvgIpc) is 3.15. The van der Waals surface area contributed by atoms with Crippen molar-refractivity contribution < 1.29 is 4.42 Å². The number of fused-ring (bicyclic) bond motifs is 1. The van der Waals surface area contributed by atoms with Gasteiger partial charge in [0.25, 0.3) is 0 Å². The molecular formula is C15H19N5O. The van der Waals surface area contributed by atoms with Crippen LogP contribution in [0.1, 0.15) is 19.1 Å². The highest BCUT2D eigenvalue weighted by Gasteiger charge is 2.07. The van der Waals surface area contributed by atoms with Crippen molar-refractivity contribution in [1.82, 2.24) is 14.4 Å². The monoisotopic (exact) mass is 285 g/mol. The zero-order chi connectivity index (χ0) is 14.5. The first-order chi connectivity index (χ1) is 10.4. The van der Waals surface area contributed by atoms with E-state index in [-0.39, 0.29) is 0 Å². The first-order valence-corrected chi connectivity index (χ1v) is 7.20. The second kappa shape index (κ2) is 6.30. The van der Waals surface area contributed by atoms with Crippen LogP contribution in [-0.2, 0) is 6.42 Å². The van der Waals surface area contributed by atoms with E-state index in [9.17, 15) is 0 Å². The second-order valence-corrected chi connectivity index (χ2v) is 4.82. The van der Waals surface area contributed by atoms with Crippen LogP contribution in [-0.4, -0.2) is 27.5 Å². The molecule has 0 spiro atoms. The van der Waals surface area contributed by atoms with Crippen molar-refractivity contribution in [2.24, 2.45) is 0 Å². The summed E-state index contributed by atoms with van der Waals surface area (Å²) in [5.41, 5.74) is 0.830. The van der Waals surface area contributed by atoms with Crippen molar-refractivity contribution in [1.29, 1.82) is 0 Å². The molecule has 0 aliphatic carbocycles. The summed E-state index contributed by atoms with van der Waals surface area (Å²) in [7, 11) is 0. The minimum atomic E-state index is 0.750. The van der Waals surface area contributed by atoms with Crippen molar-refractivity contribution in [3.63, 3.8) is 0 Å². The van der Waals surface area contributed by atoms with Gasteiger partial charge in [-0.05, 0) is 18.6 Å². The summed E-state index contributed by atoms with van der Waals surface area (Å²) in [5, 5.41) is 6.64. The lowest BCUT2D eigenvalue weighted by Crippen LogP contribution is -2.10. The molecule has 0 aliphatic heterocycles. The Morgan fingerprint density at radius 1 is 1.29 bits per heavy atom. The Morgan fingerprint density at radius 3 is 3.05 bits per heavy atom. The smallest absolute Gasteiger partial charge is 0.180 e. The molecule has 0 saturated heterocycles. The summed E-state index contributed by atoms with van der Waals surface area (Å²) < 4.78 is 7.30. The van der Waals surface area contributed by atoms with Gasteiger partial charge in [0.05, 0.1) is 12.5 Å². The number of hydrogen-bond acceptors (Lipinski definition) is 5. The third-order valence-electron chi connectivity index (χ3n) is 3.17. The molecule has 2 N–H and O–H groups in total. The molecule has 21 heavy (non-hydrogen) atoms. The molecule has 0 bridgehead atoms. The second-order valence-electron chi connectivity index (χ2n) is 4.82. The number of anilines is 2. The van der Waals surface area contributed by atoms with E-state index in [1.807, 2.05) is 28.9 Å². The zero-order valence-corrected chi connectivity index (χ0v) is 12.0. The Hall–Kier alpha value is -2.50. The molecule has 3 aromatic heterocycles. The fraction of sp³-hybridized carbons (Fsp3) is 0.333. The predicted octanol–water partition coefficient (Wildman–Crippen LogP) is 2.80. The van der Waals surface area contributed by atoms with Crippen molar-refractivity contribution >= 4 is 17.3 Å². The molecule has 6 nitrogen and oxygen atoms in total. The zero-order valence-electron chi connectivity index (χ0n) is 12.0. The molecule has 0 aromatic carbocycles. The van der Waals surface area contributed by atoms with Gasteiger partial charge in [-0.25, -0.2) is 9.97 Å². The van der Waals surface area contributed by atoms with Crippen molar-refractivity contribution in [3.8, 4) is 0 Å². The van der Waals surface area contributed by atoms with Crippen LogP contribution in [0.2, 0.25) is 0 Å². The van der Waals surface area contributed by atoms with E-state index < -0.39 is 0 Å². The molecule has 3 rings (SSSR count). The topological polar surface area (TPSA) is 67.4 Å². The number of nitrogens with one attached hydrogen (secondary N) is 2. The van der Waals surface area contributed by atoms with Crippen molar-refractivity contribution in [2.45, 2.75) is 19.8 Å². The Labute approximate surface area is 123 Å². The quantitative estimate of drug-likeness (QED) is 0.698. The fourth-order valence-corrected chi connectivity index (χ4v) is 2.15. The van der Waals surface area contributed by atoms with Gasteiger partial charge in [-0.3, -0.25) is 0 Å². The van der Waals surface area contributed by atoms with Gasteiger partial charge in [0.1, 0.15) is 11.6 Å². The predicted molar refractivity (Wildman–Crippen MR) is 82.7 cm³/mol. The van der Waals surface area contributed by atoms with Gasteiger partial charge >= 0.3 is 0 Å². The number of nitrogens with zero attached hydrogens (tertiary/aromatic N) is 3. The van der Waals surface area contributed by atoms with E-state index in [0.29, 0.717) is 0 Å². The Bertz CT molecular complexity index is 689. The molecule has 0 radical (unpaired) electrons. The normalized spacial score (nSPS) is 10.9. The molecule has 3 heterocycles. The average molecular weight is 285 g/mol. The van der Waals surface area contributed by atoms with Crippen LogP contribution in [0.3, 0.4) is 0 Å². The highest BCUT2D eigenvalue weighted by molar-refractivity contribution is 5.65. The fourth-order valence-electron chi connectivity index (χ4n) is 2.15. The molecule has 0 atom stereocenters. The molecule has 0 aliphatic rings. The Morgan fingerprint density at radius 2 is 2.24 bits per heavy atom. The standard InChI is InChI=1S/C15H19N5O/c1-2-6-16-13-11-20-9-8-18-15(20)14(19-13)17-7-5-12-4-3-10-21-12/h3-4,8-11,16H,2,5-7H2,1H3,(H,17,19). The summed E-state index contributed by atoms with van der Waals surface area (Å²) in [6.07, 6.45) is 9.22. The van der Waals surface area contributed by atoms with Gasteiger partial charge in [-0.15, -0.1) is 0 Å². The summed E-state index contributed by atoms with van der Waals surface area (Å²) in [5.74, 6) is 2.60. The van der Waals surface area contributed by atoms with E-state index in [0.717, 1.165) is 49.0 Å². The maximum Gasteiger partial charge on any atom is 0.180 e. The number of hydrogen-bond donors (Lipinski definition) is 2. The number of imidazole rings is 1. The molecule has 0 fully saturated rings. The van der Waals surface area contributed by atoms with E-state index >= 15 is 0 Å². The number of furan rings is 1. The lowest BCUT2D eigenvalue weighted by molar-refractivity contribution is 0.513. The summed E-state index contributed by atoms with van der Waals surface area (Å²) >= 11 is 0. The molecule has 0 amide bonds. The van der Waals surface area contributed by atoms with E-state index in [4.69, 9.17) is 4.42 Å². The number of rotatable bonds is 7. The Balaban J connectivity index is 1.74.